The number of rotatable bonds is 2. The number of anilines is 2. The highest BCUT2D eigenvalue weighted by Gasteiger charge is 2.22. The smallest absolute Gasteiger partial charge is 0.0561 e. The normalized spacial score (nSPS) is 13.1. The Kier molecular flexibility index (Phi) is 3.51. The van der Waals surface area contributed by atoms with Gasteiger partial charge >= 0.3 is 0 Å². The monoisotopic (exact) mass is 283 g/mol. The van der Waals surface area contributed by atoms with Crippen molar-refractivity contribution in [3.63, 3.8) is 0 Å². The van der Waals surface area contributed by atoms with E-state index in [4.69, 9.17) is 0 Å². The van der Waals surface area contributed by atoms with Gasteiger partial charge in [0.15, 0.2) is 0 Å². The Bertz CT molecular complexity index is 588. The maximum atomic E-state index is 3.72. The van der Waals surface area contributed by atoms with Gasteiger partial charge in [-0.05, 0) is 35.1 Å². The molecule has 0 saturated heterocycles. The molecule has 0 atom stereocenters. The van der Waals surface area contributed by atoms with Gasteiger partial charge in [0.2, 0.25) is 0 Å². The number of benzene rings is 2. The average molecular weight is 283 g/mol. The minimum Gasteiger partial charge on any atom is -0.353 e. The molecule has 1 N–H and O–H groups in total. The molecular formula is C18H21NS. The van der Waals surface area contributed by atoms with Gasteiger partial charge in [-0.3, -0.25) is 0 Å². The molecule has 0 aliphatic carbocycles. The van der Waals surface area contributed by atoms with Gasteiger partial charge in [-0.1, -0.05) is 63.7 Å². The van der Waals surface area contributed by atoms with Crippen LogP contribution < -0.4 is 5.32 Å². The fourth-order valence-electron chi connectivity index (χ4n) is 2.74. The van der Waals surface area contributed by atoms with E-state index < -0.39 is 0 Å². The molecule has 3 rings (SSSR count). The van der Waals surface area contributed by atoms with Crippen LogP contribution in [0.5, 0.6) is 0 Å². The van der Waals surface area contributed by atoms with E-state index in [-0.39, 0.29) is 0 Å². The lowest BCUT2D eigenvalue weighted by molar-refractivity contribution is 0.855. The Morgan fingerprint density at radius 1 is 0.750 bits per heavy atom. The summed E-state index contributed by atoms with van der Waals surface area (Å²) in [6.07, 6.45) is 0. The zero-order valence-corrected chi connectivity index (χ0v) is 13.3. The number of hydrogen-bond acceptors (Lipinski definition) is 2. The van der Waals surface area contributed by atoms with Crippen LogP contribution in [-0.4, -0.2) is 0 Å². The Balaban J connectivity index is 2.13. The van der Waals surface area contributed by atoms with Crippen LogP contribution in [0.25, 0.3) is 0 Å². The Morgan fingerprint density at radius 2 is 1.20 bits per heavy atom. The first-order valence-electron chi connectivity index (χ1n) is 7.28. The van der Waals surface area contributed by atoms with Crippen LogP contribution >= 0.6 is 11.8 Å². The minimum atomic E-state index is 0.533. The maximum Gasteiger partial charge on any atom is 0.0561 e. The molecule has 0 spiro atoms. The van der Waals surface area contributed by atoms with Gasteiger partial charge in [0, 0.05) is 9.79 Å². The van der Waals surface area contributed by atoms with E-state index in [9.17, 15) is 0 Å². The molecular weight excluding hydrogens is 262 g/mol. The third-order valence-corrected chi connectivity index (χ3v) is 4.95. The standard InChI is InChI=1S/C18H21NS/c1-11(2)13-7-5-9-15-17(13)19-18-14(12(3)4)8-6-10-16(18)20-15/h5-12,19H,1-4H3. The first-order chi connectivity index (χ1) is 9.58. The molecule has 0 aromatic heterocycles. The van der Waals surface area contributed by atoms with Gasteiger partial charge in [0.25, 0.3) is 0 Å². The van der Waals surface area contributed by atoms with Crippen LogP contribution in [0.1, 0.15) is 50.7 Å². The lowest BCUT2D eigenvalue weighted by atomic mass is 9.98. The van der Waals surface area contributed by atoms with Gasteiger partial charge in [-0.2, -0.15) is 0 Å². The molecule has 1 aliphatic heterocycles. The van der Waals surface area contributed by atoms with Crippen molar-refractivity contribution in [1.29, 1.82) is 0 Å². The van der Waals surface area contributed by atoms with Crippen LogP contribution in [0, 0.1) is 0 Å². The highest BCUT2D eigenvalue weighted by molar-refractivity contribution is 7.99. The van der Waals surface area contributed by atoms with Crippen molar-refractivity contribution >= 4 is 23.1 Å². The summed E-state index contributed by atoms with van der Waals surface area (Å²) >= 11 is 1.88. The average Bonchev–Trinajstić information content (AvgIpc) is 2.43. The molecule has 0 radical (unpaired) electrons. The van der Waals surface area contributed by atoms with Crippen molar-refractivity contribution in [2.45, 2.75) is 49.3 Å². The highest BCUT2D eigenvalue weighted by atomic mass is 32.2. The topological polar surface area (TPSA) is 12.0 Å². The molecule has 1 heterocycles. The molecule has 0 saturated carbocycles. The summed E-state index contributed by atoms with van der Waals surface area (Å²) in [6.45, 7) is 9.02. The van der Waals surface area contributed by atoms with Gasteiger partial charge in [0.05, 0.1) is 11.4 Å². The summed E-state index contributed by atoms with van der Waals surface area (Å²) in [5.74, 6) is 1.07. The summed E-state index contributed by atoms with van der Waals surface area (Å²) in [4.78, 5) is 2.68. The first-order valence-corrected chi connectivity index (χ1v) is 8.10. The molecule has 1 aliphatic rings. The van der Waals surface area contributed by atoms with Crippen molar-refractivity contribution in [2.24, 2.45) is 0 Å². The van der Waals surface area contributed by atoms with E-state index in [1.54, 1.807) is 0 Å². The van der Waals surface area contributed by atoms with Gasteiger partial charge in [-0.25, -0.2) is 0 Å². The van der Waals surface area contributed by atoms with Crippen LogP contribution in [-0.2, 0) is 0 Å². The molecule has 0 fully saturated rings. The lowest BCUT2D eigenvalue weighted by Crippen LogP contribution is -2.07. The van der Waals surface area contributed by atoms with E-state index in [2.05, 4.69) is 69.4 Å². The molecule has 0 bridgehead atoms. The fraction of sp³-hybridized carbons (Fsp3) is 0.333. The Labute approximate surface area is 125 Å². The minimum absolute atomic E-state index is 0.533. The molecule has 104 valence electrons. The summed E-state index contributed by atoms with van der Waals surface area (Å²) in [5.41, 5.74) is 5.40. The van der Waals surface area contributed by atoms with E-state index >= 15 is 0 Å². The largest absolute Gasteiger partial charge is 0.353 e. The molecule has 0 unspecified atom stereocenters. The molecule has 2 aromatic carbocycles. The second-order valence-electron chi connectivity index (χ2n) is 5.98. The predicted octanol–water partition coefficient (Wildman–Crippen LogP) is 6.14. The molecule has 20 heavy (non-hydrogen) atoms. The van der Waals surface area contributed by atoms with E-state index in [1.165, 1.54) is 32.3 Å². The SMILES string of the molecule is CC(C)c1cccc2c1Nc1c(cccc1C(C)C)S2. The van der Waals surface area contributed by atoms with E-state index in [0.717, 1.165) is 0 Å². The summed E-state index contributed by atoms with van der Waals surface area (Å²) in [7, 11) is 0. The quantitative estimate of drug-likeness (QED) is 0.606. The van der Waals surface area contributed by atoms with Crippen LogP contribution in [0.15, 0.2) is 46.2 Å². The third kappa shape index (κ3) is 2.22. The lowest BCUT2D eigenvalue weighted by Gasteiger charge is -2.27. The van der Waals surface area contributed by atoms with Crippen LogP contribution in [0.4, 0.5) is 11.4 Å². The van der Waals surface area contributed by atoms with Gasteiger partial charge < -0.3 is 5.32 Å². The predicted molar refractivity (Wildman–Crippen MR) is 88.5 cm³/mol. The number of para-hydroxylation sites is 2. The summed E-state index contributed by atoms with van der Waals surface area (Å²) in [6, 6.07) is 13.2. The molecule has 2 heteroatoms. The second kappa shape index (κ2) is 5.17. The van der Waals surface area contributed by atoms with Crippen LogP contribution in [0.2, 0.25) is 0 Å². The van der Waals surface area contributed by atoms with Gasteiger partial charge in [-0.15, -0.1) is 0 Å². The van der Waals surface area contributed by atoms with E-state index in [0.29, 0.717) is 11.8 Å². The fourth-order valence-corrected chi connectivity index (χ4v) is 3.81. The first kappa shape index (κ1) is 13.6. The van der Waals surface area contributed by atoms with Crippen molar-refractivity contribution in [3.8, 4) is 0 Å². The molecule has 0 amide bonds. The zero-order chi connectivity index (χ0) is 14.3. The van der Waals surface area contributed by atoms with Crippen LogP contribution in [0.3, 0.4) is 0 Å². The van der Waals surface area contributed by atoms with Crippen molar-refractivity contribution < 1.29 is 0 Å². The Morgan fingerprint density at radius 3 is 1.60 bits per heavy atom. The zero-order valence-electron chi connectivity index (χ0n) is 12.5. The van der Waals surface area contributed by atoms with Crippen molar-refractivity contribution in [3.05, 3.63) is 47.5 Å². The van der Waals surface area contributed by atoms with Crippen molar-refractivity contribution in [2.75, 3.05) is 5.32 Å². The van der Waals surface area contributed by atoms with Crippen molar-refractivity contribution in [1.82, 2.24) is 0 Å². The number of fused-ring (bicyclic) bond motifs is 2. The molecule has 2 aromatic rings. The van der Waals surface area contributed by atoms with E-state index in [1.807, 2.05) is 11.8 Å². The Hall–Kier alpha value is -1.41. The summed E-state index contributed by atoms with van der Waals surface area (Å²) in [5, 5.41) is 3.72. The van der Waals surface area contributed by atoms with Gasteiger partial charge in [0.1, 0.15) is 0 Å². The summed E-state index contributed by atoms with van der Waals surface area (Å²) < 4.78 is 0. The second-order valence-corrected chi connectivity index (χ2v) is 7.06. The third-order valence-electron chi connectivity index (χ3n) is 3.83. The number of hydrogen-bond donors (Lipinski definition) is 1. The maximum absolute atomic E-state index is 3.72. The highest BCUT2D eigenvalue weighted by Crippen LogP contribution is 2.48. The molecule has 1 nitrogen and oxygen atoms in total. The number of nitrogens with one attached hydrogen (secondary N) is 1.